The first kappa shape index (κ1) is 19.7. The quantitative estimate of drug-likeness (QED) is 0.377. The number of nitrogens with one attached hydrogen (secondary N) is 2. The van der Waals surface area contributed by atoms with Crippen molar-refractivity contribution in [3.8, 4) is 11.9 Å². The highest BCUT2D eigenvalue weighted by atomic mass is 19.1. The van der Waals surface area contributed by atoms with Crippen LogP contribution in [0.1, 0.15) is 24.4 Å². The van der Waals surface area contributed by atoms with Gasteiger partial charge in [0.25, 0.3) is 5.56 Å². The number of halogens is 2. The summed E-state index contributed by atoms with van der Waals surface area (Å²) in [6.45, 7) is 1.60. The van der Waals surface area contributed by atoms with Gasteiger partial charge in [0.05, 0.1) is 17.8 Å². The Kier molecular flexibility index (Phi) is 4.66. The van der Waals surface area contributed by atoms with Crippen molar-refractivity contribution in [2.45, 2.75) is 13.0 Å². The van der Waals surface area contributed by atoms with Crippen molar-refractivity contribution in [1.29, 1.82) is 5.26 Å². The number of aromatic amines is 1. The molecular formula is C18H14F2N10O. The van der Waals surface area contributed by atoms with Gasteiger partial charge in [-0.05, 0) is 6.92 Å². The molecule has 6 N–H and O–H groups in total. The lowest BCUT2D eigenvalue weighted by molar-refractivity contribution is 0.589. The van der Waals surface area contributed by atoms with E-state index in [0.717, 1.165) is 10.6 Å². The Morgan fingerprint density at radius 2 is 2.03 bits per heavy atom. The van der Waals surface area contributed by atoms with E-state index in [9.17, 15) is 18.8 Å². The molecule has 4 rings (SSSR count). The Bertz CT molecular complexity index is 1410. The number of nitrogens with two attached hydrogens (primary N) is 2. The van der Waals surface area contributed by atoms with Gasteiger partial charge < -0.3 is 16.8 Å². The molecule has 13 heteroatoms. The molecule has 0 radical (unpaired) electrons. The third-order valence-corrected chi connectivity index (χ3v) is 4.45. The minimum atomic E-state index is -1.05. The summed E-state index contributed by atoms with van der Waals surface area (Å²) in [5.41, 5.74) is 10.3. The van der Waals surface area contributed by atoms with E-state index in [1.165, 1.54) is 12.3 Å². The number of nitriles is 1. The van der Waals surface area contributed by atoms with Gasteiger partial charge in [-0.2, -0.15) is 20.3 Å². The summed E-state index contributed by atoms with van der Waals surface area (Å²) in [6.07, 6.45) is 1.40. The first-order valence-electron chi connectivity index (χ1n) is 8.81. The highest BCUT2D eigenvalue weighted by Gasteiger charge is 2.23. The standard InChI is InChI=1S/C18H14F2N10O/c1-7(25-15-9(6-21)14(22)27-18(23)28-15)16-26-11-5-8(19)4-10(20)13(11)17(31)30(16)12-2-3-24-29-12/h2-5,7H,1H3,(H,24,29)(H5,22,23,25,27,28)/t7-/m0/s1. The minimum Gasteiger partial charge on any atom is -0.382 e. The fourth-order valence-corrected chi connectivity index (χ4v) is 3.13. The van der Waals surface area contributed by atoms with Crippen molar-refractivity contribution in [3.63, 3.8) is 0 Å². The van der Waals surface area contributed by atoms with Gasteiger partial charge in [0.2, 0.25) is 5.95 Å². The number of anilines is 3. The van der Waals surface area contributed by atoms with Gasteiger partial charge in [-0.1, -0.05) is 0 Å². The molecule has 1 aromatic carbocycles. The minimum absolute atomic E-state index is 0.0101. The van der Waals surface area contributed by atoms with Crippen molar-refractivity contribution in [3.05, 3.63) is 57.8 Å². The van der Waals surface area contributed by atoms with Crippen molar-refractivity contribution in [2.24, 2.45) is 0 Å². The van der Waals surface area contributed by atoms with Crippen LogP contribution >= 0.6 is 0 Å². The second-order valence-electron chi connectivity index (χ2n) is 6.50. The lowest BCUT2D eigenvalue weighted by atomic mass is 10.2. The van der Waals surface area contributed by atoms with Crippen LogP contribution in [0.4, 0.5) is 26.4 Å². The van der Waals surface area contributed by atoms with E-state index in [-0.39, 0.29) is 45.7 Å². The molecule has 3 heterocycles. The van der Waals surface area contributed by atoms with E-state index < -0.39 is 23.2 Å². The fourth-order valence-electron chi connectivity index (χ4n) is 3.13. The molecule has 0 aliphatic rings. The first-order valence-corrected chi connectivity index (χ1v) is 8.81. The normalized spacial score (nSPS) is 11.9. The zero-order valence-corrected chi connectivity index (χ0v) is 15.9. The van der Waals surface area contributed by atoms with Crippen LogP contribution in [0.15, 0.2) is 29.2 Å². The van der Waals surface area contributed by atoms with E-state index >= 15 is 0 Å². The third kappa shape index (κ3) is 3.35. The maximum atomic E-state index is 14.4. The summed E-state index contributed by atoms with van der Waals surface area (Å²) < 4.78 is 29.2. The molecule has 156 valence electrons. The molecule has 0 aliphatic heterocycles. The number of H-pyrrole nitrogens is 1. The second kappa shape index (κ2) is 7.34. The van der Waals surface area contributed by atoms with Gasteiger partial charge in [-0.15, -0.1) is 0 Å². The molecule has 1 atom stereocenters. The van der Waals surface area contributed by atoms with Crippen LogP contribution in [0, 0.1) is 23.0 Å². The number of hydrogen-bond donors (Lipinski definition) is 4. The Labute approximate surface area is 172 Å². The monoisotopic (exact) mass is 424 g/mol. The summed E-state index contributed by atoms with van der Waals surface area (Å²) in [5.74, 6) is -1.96. The van der Waals surface area contributed by atoms with Gasteiger partial charge in [0.15, 0.2) is 5.82 Å². The Hall–Kier alpha value is -4.60. The van der Waals surface area contributed by atoms with Crippen LogP contribution < -0.4 is 22.3 Å². The molecule has 0 amide bonds. The molecule has 0 bridgehead atoms. The number of hydrogen-bond acceptors (Lipinski definition) is 9. The lowest BCUT2D eigenvalue weighted by Gasteiger charge is -2.20. The summed E-state index contributed by atoms with van der Waals surface area (Å²) in [4.78, 5) is 25.1. The number of nitrogen functional groups attached to an aromatic ring is 2. The highest BCUT2D eigenvalue weighted by Crippen LogP contribution is 2.25. The smallest absolute Gasteiger partial charge is 0.270 e. The summed E-state index contributed by atoms with van der Waals surface area (Å²) in [6, 6.07) is 4.12. The number of nitrogens with zero attached hydrogens (tertiary/aromatic N) is 6. The van der Waals surface area contributed by atoms with Crippen LogP contribution in [0.2, 0.25) is 0 Å². The van der Waals surface area contributed by atoms with Crippen molar-refractivity contribution >= 4 is 28.5 Å². The molecule has 4 aromatic rings. The van der Waals surface area contributed by atoms with Gasteiger partial charge in [0.1, 0.15) is 46.1 Å². The maximum Gasteiger partial charge on any atom is 0.270 e. The SMILES string of the molecule is C[C@H](Nc1nc(N)nc(N)c1C#N)c1nc2cc(F)cc(F)c2c(=O)n1-c1ccn[nH]1. The van der Waals surface area contributed by atoms with Crippen LogP contribution in [0.5, 0.6) is 0 Å². The summed E-state index contributed by atoms with van der Waals surface area (Å²) >= 11 is 0. The molecule has 0 saturated heterocycles. The topological polar surface area (TPSA) is 177 Å². The van der Waals surface area contributed by atoms with Crippen molar-refractivity contribution in [1.82, 2.24) is 29.7 Å². The average Bonchev–Trinajstić information content (AvgIpc) is 3.21. The highest BCUT2D eigenvalue weighted by molar-refractivity contribution is 5.79. The zero-order chi connectivity index (χ0) is 22.3. The number of rotatable bonds is 4. The van der Waals surface area contributed by atoms with Crippen LogP contribution in [-0.2, 0) is 0 Å². The van der Waals surface area contributed by atoms with Gasteiger partial charge in [-0.25, -0.2) is 18.3 Å². The van der Waals surface area contributed by atoms with E-state index in [0.29, 0.717) is 6.07 Å². The molecule has 0 saturated carbocycles. The van der Waals surface area contributed by atoms with Crippen LogP contribution in [-0.4, -0.2) is 29.7 Å². The third-order valence-electron chi connectivity index (χ3n) is 4.45. The molecule has 31 heavy (non-hydrogen) atoms. The first-order chi connectivity index (χ1) is 14.8. The van der Waals surface area contributed by atoms with E-state index in [2.05, 4.69) is 30.5 Å². The van der Waals surface area contributed by atoms with Gasteiger partial charge in [0, 0.05) is 18.2 Å². The number of fused-ring (bicyclic) bond motifs is 1. The Morgan fingerprint density at radius 3 is 2.71 bits per heavy atom. The van der Waals surface area contributed by atoms with Crippen molar-refractivity contribution in [2.75, 3.05) is 16.8 Å². The van der Waals surface area contributed by atoms with Crippen LogP contribution in [0.25, 0.3) is 16.7 Å². The molecule has 3 aromatic heterocycles. The molecule has 0 spiro atoms. The molecule has 11 nitrogen and oxygen atoms in total. The van der Waals surface area contributed by atoms with E-state index in [4.69, 9.17) is 11.5 Å². The molecule has 0 fully saturated rings. The van der Waals surface area contributed by atoms with E-state index in [1.807, 2.05) is 6.07 Å². The molecule has 0 aliphatic carbocycles. The predicted octanol–water partition coefficient (Wildman–Crippen LogP) is 1.39. The Morgan fingerprint density at radius 1 is 1.26 bits per heavy atom. The largest absolute Gasteiger partial charge is 0.382 e. The molecular weight excluding hydrogens is 410 g/mol. The van der Waals surface area contributed by atoms with Gasteiger partial charge in [-0.3, -0.25) is 9.89 Å². The summed E-state index contributed by atoms with van der Waals surface area (Å²) in [5, 5.41) is 18.3. The molecule has 0 unspecified atom stereocenters. The van der Waals surface area contributed by atoms with E-state index in [1.54, 1.807) is 6.92 Å². The predicted molar refractivity (Wildman–Crippen MR) is 107 cm³/mol. The Balaban J connectivity index is 1.94. The number of aromatic nitrogens is 6. The van der Waals surface area contributed by atoms with Crippen LogP contribution in [0.3, 0.4) is 0 Å². The van der Waals surface area contributed by atoms with Gasteiger partial charge >= 0.3 is 0 Å². The lowest BCUT2D eigenvalue weighted by Crippen LogP contribution is -2.28. The average molecular weight is 424 g/mol. The van der Waals surface area contributed by atoms with Crippen molar-refractivity contribution < 1.29 is 8.78 Å². The zero-order valence-electron chi connectivity index (χ0n) is 15.9. The summed E-state index contributed by atoms with van der Waals surface area (Å²) in [7, 11) is 0. The fraction of sp³-hybridized carbons (Fsp3) is 0.111. The second-order valence-corrected chi connectivity index (χ2v) is 6.50. The maximum absolute atomic E-state index is 14.4. The number of benzene rings is 1.